The van der Waals surface area contributed by atoms with E-state index in [0.717, 1.165) is 23.6 Å². The van der Waals surface area contributed by atoms with E-state index in [1.165, 1.54) is 105 Å². The number of para-hydroxylation sites is 3. The van der Waals surface area contributed by atoms with Crippen LogP contribution in [0.5, 0.6) is 5.75 Å². The third-order valence-electron chi connectivity index (χ3n) is 14.9. The predicted molar refractivity (Wildman–Crippen MR) is 265 cm³/mol. The molecule has 0 spiro atoms. The zero-order valence-corrected chi connectivity index (χ0v) is 35.6. The fraction of sp³-hybridized carbons (Fsp3) is 0.0820. The normalized spacial score (nSPS) is 16.9. The summed E-state index contributed by atoms with van der Waals surface area (Å²) in [6.45, 7) is 4.74. The summed E-state index contributed by atoms with van der Waals surface area (Å²) in [5.74, 6) is 1.91. The first kappa shape index (κ1) is 35.7. The Morgan fingerprint density at radius 2 is 1.09 bits per heavy atom. The molecule has 302 valence electrons. The molecule has 1 unspecified atom stereocenters. The lowest BCUT2D eigenvalue weighted by Gasteiger charge is -2.32. The van der Waals surface area contributed by atoms with Crippen molar-refractivity contribution >= 4 is 54.4 Å². The molecule has 9 aromatic carbocycles. The zero-order valence-electron chi connectivity index (χ0n) is 35.6. The van der Waals surface area contributed by atoms with Crippen molar-refractivity contribution in [2.45, 2.75) is 31.1 Å². The third kappa shape index (κ3) is 4.66. The molecule has 3 heterocycles. The smallest absolute Gasteiger partial charge is 0.131 e. The van der Waals surface area contributed by atoms with E-state index in [0.29, 0.717) is 0 Å². The largest absolute Gasteiger partial charge is 0.460 e. The van der Waals surface area contributed by atoms with Gasteiger partial charge in [-0.1, -0.05) is 141 Å². The van der Waals surface area contributed by atoms with Gasteiger partial charge in [0.05, 0.1) is 27.5 Å². The van der Waals surface area contributed by atoms with Crippen LogP contribution in [-0.2, 0) is 10.8 Å². The maximum absolute atomic E-state index is 6.95. The number of benzene rings is 9. The van der Waals surface area contributed by atoms with E-state index in [2.05, 4.69) is 229 Å². The van der Waals surface area contributed by atoms with Crippen LogP contribution < -0.4 is 4.74 Å². The molecule has 0 bridgehead atoms. The molecule has 0 N–H and O–H groups in total. The van der Waals surface area contributed by atoms with Gasteiger partial charge in [-0.2, -0.15) is 0 Å². The molecule has 0 saturated heterocycles. The first-order valence-electron chi connectivity index (χ1n) is 22.5. The van der Waals surface area contributed by atoms with Gasteiger partial charge >= 0.3 is 0 Å². The van der Waals surface area contributed by atoms with Gasteiger partial charge in [-0.15, -0.1) is 0 Å². The lowest BCUT2D eigenvalue weighted by Crippen LogP contribution is -2.29. The minimum Gasteiger partial charge on any atom is -0.460 e. The molecule has 0 radical (unpaired) electrons. The van der Waals surface area contributed by atoms with Gasteiger partial charge in [-0.25, -0.2) is 0 Å². The minimum absolute atomic E-state index is 0.0951. The average Bonchev–Trinajstić information content (AvgIpc) is 4.04. The van der Waals surface area contributed by atoms with Gasteiger partial charge < -0.3 is 13.9 Å². The summed E-state index contributed by atoms with van der Waals surface area (Å²) >= 11 is 0. The Labute approximate surface area is 371 Å². The van der Waals surface area contributed by atoms with Crippen molar-refractivity contribution in [3.05, 3.63) is 234 Å². The molecule has 14 rings (SSSR count). The van der Waals surface area contributed by atoms with Crippen LogP contribution in [0.25, 0.3) is 88.0 Å². The molecule has 3 aliphatic rings. The highest BCUT2D eigenvalue weighted by Crippen LogP contribution is 2.57. The Hall–Kier alpha value is -7.88. The van der Waals surface area contributed by atoms with Gasteiger partial charge in [-0.3, -0.25) is 0 Å². The Bertz CT molecular complexity index is 3860. The highest BCUT2D eigenvalue weighted by atomic mass is 16.5. The molecule has 11 aromatic rings. The van der Waals surface area contributed by atoms with Gasteiger partial charge in [0.2, 0.25) is 0 Å². The van der Waals surface area contributed by atoms with Crippen molar-refractivity contribution in [3.63, 3.8) is 0 Å². The maximum atomic E-state index is 6.95. The van der Waals surface area contributed by atoms with E-state index >= 15 is 0 Å². The van der Waals surface area contributed by atoms with Crippen molar-refractivity contribution in [1.29, 1.82) is 0 Å². The first-order chi connectivity index (χ1) is 31.5. The molecular formula is C61H42N2O. The van der Waals surface area contributed by atoms with Gasteiger partial charge in [0.1, 0.15) is 11.5 Å². The van der Waals surface area contributed by atoms with Gasteiger partial charge in [0, 0.05) is 49.3 Å². The first-order valence-corrected chi connectivity index (χ1v) is 22.5. The van der Waals surface area contributed by atoms with E-state index in [-0.39, 0.29) is 5.41 Å². The second-order valence-corrected chi connectivity index (χ2v) is 18.4. The zero-order chi connectivity index (χ0) is 42.3. The molecule has 1 atom stereocenters. The Morgan fingerprint density at radius 3 is 1.92 bits per heavy atom. The summed E-state index contributed by atoms with van der Waals surface area (Å²) in [7, 11) is 0. The minimum atomic E-state index is -0.516. The number of fused-ring (bicyclic) bond motifs is 14. The van der Waals surface area contributed by atoms with E-state index < -0.39 is 5.41 Å². The van der Waals surface area contributed by atoms with Crippen LogP contribution in [0.4, 0.5) is 0 Å². The Kier molecular flexibility index (Phi) is 7.16. The summed E-state index contributed by atoms with van der Waals surface area (Å²) in [5, 5.41) is 7.49. The fourth-order valence-electron chi connectivity index (χ4n) is 11.9. The van der Waals surface area contributed by atoms with Gasteiger partial charge in [0.25, 0.3) is 0 Å². The Morgan fingerprint density at radius 1 is 0.438 bits per heavy atom. The molecule has 0 amide bonds. The summed E-state index contributed by atoms with van der Waals surface area (Å²) in [4.78, 5) is 0. The van der Waals surface area contributed by atoms with Crippen molar-refractivity contribution in [3.8, 4) is 39.4 Å². The van der Waals surface area contributed by atoms with Crippen LogP contribution in [0.3, 0.4) is 0 Å². The number of aromatic nitrogens is 2. The van der Waals surface area contributed by atoms with E-state index in [1.807, 2.05) is 0 Å². The summed E-state index contributed by atoms with van der Waals surface area (Å²) in [5.41, 5.74) is 16.9. The van der Waals surface area contributed by atoms with Crippen LogP contribution in [0.15, 0.2) is 212 Å². The standard InChI is InChI=1S/C61H42N2O/c1-60(2)50-25-13-11-22-43(50)46-35-48-47-33-38(28-30-55(47)62(56(48)37-51(46)60)40-17-5-3-6-18-40)39-29-31-57-53(34-39)61(32-16-15-27-58(61)64-57)52-36-49-44-23-12-14-26-54(44)63(41-19-7-4-8-20-41)59(49)45-24-10-9-21-42(45)52/h3-31,33-37H,32H2,1-2H3. The quantitative estimate of drug-likeness (QED) is 0.173. The monoisotopic (exact) mass is 818 g/mol. The highest BCUT2D eigenvalue weighted by Gasteiger charge is 2.48. The lowest BCUT2D eigenvalue weighted by molar-refractivity contribution is 0.391. The fourth-order valence-corrected chi connectivity index (χ4v) is 11.9. The van der Waals surface area contributed by atoms with Crippen LogP contribution in [0.1, 0.15) is 42.5 Å². The predicted octanol–water partition coefficient (Wildman–Crippen LogP) is 15.5. The molecule has 2 aliphatic carbocycles. The molecule has 2 aromatic heterocycles. The van der Waals surface area contributed by atoms with Gasteiger partial charge in [-0.05, 0) is 130 Å². The van der Waals surface area contributed by atoms with Crippen molar-refractivity contribution in [2.24, 2.45) is 0 Å². The van der Waals surface area contributed by atoms with Crippen molar-refractivity contribution in [1.82, 2.24) is 9.13 Å². The summed E-state index contributed by atoms with van der Waals surface area (Å²) in [6, 6.07) is 69.8. The molecular weight excluding hydrogens is 777 g/mol. The number of hydrogen-bond donors (Lipinski definition) is 0. The third-order valence-corrected chi connectivity index (χ3v) is 14.9. The number of allylic oxidation sites excluding steroid dienone is 4. The number of ether oxygens (including phenoxy) is 1. The molecule has 0 saturated carbocycles. The van der Waals surface area contributed by atoms with E-state index in [4.69, 9.17) is 4.74 Å². The second kappa shape index (κ2) is 12.8. The van der Waals surface area contributed by atoms with Crippen molar-refractivity contribution < 1.29 is 4.74 Å². The van der Waals surface area contributed by atoms with E-state index in [9.17, 15) is 0 Å². The van der Waals surface area contributed by atoms with Crippen LogP contribution in [0, 0.1) is 0 Å². The van der Waals surface area contributed by atoms with Crippen LogP contribution >= 0.6 is 0 Å². The van der Waals surface area contributed by atoms with Gasteiger partial charge in [0.15, 0.2) is 0 Å². The molecule has 3 nitrogen and oxygen atoms in total. The molecule has 64 heavy (non-hydrogen) atoms. The number of rotatable bonds is 4. The topological polar surface area (TPSA) is 19.1 Å². The van der Waals surface area contributed by atoms with Crippen molar-refractivity contribution in [2.75, 3.05) is 0 Å². The maximum Gasteiger partial charge on any atom is 0.131 e. The average molecular weight is 819 g/mol. The number of nitrogens with zero attached hydrogens (tertiary/aromatic N) is 2. The van der Waals surface area contributed by atoms with Crippen LogP contribution in [-0.4, -0.2) is 9.13 Å². The molecule has 0 fully saturated rings. The van der Waals surface area contributed by atoms with Crippen LogP contribution in [0.2, 0.25) is 0 Å². The second-order valence-electron chi connectivity index (χ2n) is 18.4. The SMILES string of the molecule is CC1(C)c2ccccc2-c2cc3c4cc(-c5ccc6c(c5)C5(c7cc8c9ccccc9n(-c9ccccc9)c8c8ccccc78)CC=CC=C5O6)ccc4n(-c4ccccc4)c3cc21. The molecule has 1 aliphatic heterocycles. The van der Waals surface area contributed by atoms with E-state index in [1.54, 1.807) is 0 Å². The molecule has 3 heteroatoms. The number of hydrogen-bond acceptors (Lipinski definition) is 1. The summed E-state index contributed by atoms with van der Waals surface area (Å²) in [6.07, 6.45) is 7.48. The summed E-state index contributed by atoms with van der Waals surface area (Å²) < 4.78 is 11.9. The highest BCUT2D eigenvalue weighted by molar-refractivity contribution is 6.20. The Balaban J connectivity index is 0.999. The lowest BCUT2D eigenvalue weighted by atomic mass is 9.68.